The molecule has 0 atom stereocenters. The van der Waals surface area contributed by atoms with Crippen LogP contribution < -0.4 is 0 Å². The molecule has 0 saturated heterocycles. The Morgan fingerprint density at radius 2 is 1.86 bits per heavy atom. The molecule has 0 saturated carbocycles. The molecule has 0 fully saturated rings. The normalized spacial score (nSPS) is 11.4. The Hall–Kier alpha value is -0.610. The van der Waals surface area contributed by atoms with Gasteiger partial charge in [0.05, 0.1) is 19.1 Å². The van der Waals surface area contributed by atoms with Crippen molar-refractivity contribution in [2.24, 2.45) is 5.41 Å². The van der Waals surface area contributed by atoms with Crippen LogP contribution in [0.2, 0.25) is 0 Å². The highest BCUT2D eigenvalue weighted by Gasteiger charge is 2.28. The molecule has 0 aliphatic heterocycles. The number of hydrogen-bond acceptors (Lipinski definition) is 4. The van der Waals surface area contributed by atoms with Crippen molar-refractivity contribution < 1.29 is 19.0 Å². The van der Waals surface area contributed by atoms with Crippen molar-refractivity contribution in [3.8, 4) is 0 Å². The van der Waals surface area contributed by atoms with Crippen LogP contribution in [0.15, 0.2) is 0 Å². The van der Waals surface area contributed by atoms with Crippen LogP contribution in [-0.4, -0.2) is 40.0 Å². The van der Waals surface area contributed by atoms with E-state index in [9.17, 15) is 4.79 Å². The predicted molar refractivity (Wildman–Crippen MR) is 53.1 cm³/mol. The van der Waals surface area contributed by atoms with E-state index < -0.39 is 5.41 Å². The highest BCUT2D eigenvalue weighted by Crippen LogP contribution is 2.17. The molecule has 84 valence electrons. The molecule has 0 aromatic rings. The van der Waals surface area contributed by atoms with Gasteiger partial charge in [-0.15, -0.1) is 0 Å². The maximum Gasteiger partial charge on any atom is 0.313 e. The van der Waals surface area contributed by atoms with E-state index >= 15 is 0 Å². The lowest BCUT2D eigenvalue weighted by atomic mass is 9.95. The van der Waals surface area contributed by atoms with Gasteiger partial charge in [-0.2, -0.15) is 0 Å². The second kappa shape index (κ2) is 6.79. The first kappa shape index (κ1) is 13.4. The zero-order chi connectivity index (χ0) is 11.0. The molecule has 4 heteroatoms. The summed E-state index contributed by atoms with van der Waals surface area (Å²) >= 11 is 0. The van der Waals surface area contributed by atoms with Crippen molar-refractivity contribution in [2.75, 3.05) is 34.0 Å². The SMILES string of the molecule is COCCCOCC(C)(C)C(=O)OC. The third-order valence-electron chi connectivity index (χ3n) is 1.84. The Kier molecular flexibility index (Phi) is 6.49. The number of carbonyl (C=O) groups is 1. The highest BCUT2D eigenvalue weighted by atomic mass is 16.5. The van der Waals surface area contributed by atoms with E-state index in [1.54, 1.807) is 21.0 Å². The Morgan fingerprint density at radius 3 is 2.36 bits per heavy atom. The van der Waals surface area contributed by atoms with Crippen LogP contribution in [0, 0.1) is 5.41 Å². The van der Waals surface area contributed by atoms with Crippen LogP contribution in [0.4, 0.5) is 0 Å². The van der Waals surface area contributed by atoms with Gasteiger partial charge in [0.15, 0.2) is 0 Å². The van der Waals surface area contributed by atoms with Crippen LogP contribution in [0.25, 0.3) is 0 Å². The molecule has 0 aromatic carbocycles. The quantitative estimate of drug-likeness (QED) is 0.462. The summed E-state index contributed by atoms with van der Waals surface area (Å²) in [5, 5.41) is 0. The molecule has 0 aliphatic carbocycles. The van der Waals surface area contributed by atoms with Crippen LogP contribution in [0.3, 0.4) is 0 Å². The number of rotatable bonds is 7. The topological polar surface area (TPSA) is 44.8 Å². The van der Waals surface area contributed by atoms with Gasteiger partial charge >= 0.3 is 5.97 Å². The van der Waals surface area contributed by atoms with Crippen LogP contribution in [0.1, 0.15) is 20.3 Å². The van der Waals surface area contributed by atoms with Gasteiger partial charge in [-0.1, -0.05) is 0 Å². The minimum Gasteiger partial charge on any atom is -0.469 e. The van der Waals surface area contributed by atoms with Gasteiger partial charge in [-0.25, -0.2) is 0 Å². The zero-order valence-corrected chi connectivity index (χ0v) is 9.46. The Balaban J connectivity index is 3.60. The van der Waals surface area contributed by atoms with E-state index in [0.29, 0.717) is 19.8 Å². The second-order valence-corrected chi connectivity index (χ2v) is 3.77. The molecule has 0 spiro atoms. The molecule has 0 amide bonds. The standard InChI is InChI=1S/C10H20O4/c1-10(2,9(11)13-4)8-14-7-5-6-12-3/h5-8H2,1-4H3. The average Bonchev–Trinajstić information content (AvgIpc) is 2.16. The molecule has 0 heterocycles. The summed E-state index contributed by atoms with van der Waals surface area (Å²) in [6.45, 7) is 5.26. The molecule has 0 bridgehead atoms. The Labute approximate surface area is 85.5 Å². The van der Waals surface area contributed by atoms with Crippen LogP contribution in [-0.2, 0) is 19.0 Å². The smallest absolute Gasteiger partial charge is 0.313 e. The lowest BCUT2D eigenvalue weighted by molar-refractivity contribution is -0.154. The van der Waals surface area contributed by atoms with Crippen molar-refractivity contribution in [3.05, 3.63) is 0 Å². The lowest BCUT2D eigenvalue weighted by Gasteiger charge is -2.20. The maximum absolute atomic E-state index is 11.2. The van der Waals surface area contributed by atoms with Crippen molar-refractivity contribution >= 4 is 5.97 Å². The predicted octanol–water partition coefficient (Wildman–Crippen LogP) is 1.24. The minimum absolute atomic E-state index is 0.246. The lowest BCUT2D eigenvalue weighted by Crippen LogP contribution is -2.31. The average molecular weight is 204 g/mol. The zero-order valence-electron chi connectivity index (χ0n) is 9.46. The number of ether oxygens (including phenoxy) is 3. The third-order valence-corrected chi connectivity index (χ3v) is 1.84. The van der Waals surface area contributed by atoms with Crippen LogP contribution >= 0.6 is 0 Å². The van der Waals surface area contributed by atoms with E-state index in [0.717, 1.165) is 6.42 Å². The third kappa shape index (κ3) is 5.19. The molecular formula is C10H20O4. The van der Waals surface area contributed by atoms with E-state index in [-0.39, 0.29) is 5.97 Å². The van der Waals surface area contributed by atoms with Gasteiger partial charge in [0.1, 0.15) is 0 Å². The summed E-state index contributed by atoms with van der Waals surface area (Å²) in [4.78, 5) is 11.2. The van der Waals surface area contributed by atoms with Crippen molar-refractivity contribution in [1.82, 2.24) is 0 Å². The molecule has 0 radical (unpaired) electrons. The largest absolute Gasteiger partial charge is 0.469 e. The molecule has 0 aliphatic rings. The summed E-state index contributed by atoms with van der Waals surface area (Å²) < 4.78 is 14.9. The van der Waals surface area contributed by atoms with Gasteiger partial charge in [0, 0.05) is 20.3 Å². The molecule has 0 N–H and O–H groups in total. The van der Waals surface area contributed by atoms with Crippen molar-refractivity contribution in [2.45, 2.75) is 20.3 Å². The van der Waals surface area contributed by atoms with Gasteiger partial charge in [-0.3, -0.25) is 4.79 Å². The fourth-order valence-electron chi connectivity index (χ4n) is 0.968. The first-order chi connectivity index (χ1) is 6.54. The monoisotopic (exact) mass is 204 g/mol. The van der Waals surface area contributed by atoms with E-state index in [1.807, 2.05) is 0 Å². The first-order valence-corrected chi connectivity index (χ1v) is 4.69. The number of esters is 1. The summed E-state index contributed by atoms with van der Waals surface area (Å²) in [5.41, 5.74) is -0.568. The van der Waals surface area contributed by atoms with Crippen molar-refractivity contribution in [1.29, 1.82) is 0 Å². The summed E-state index contributed by atoms with van der Waals surface area (Å²) in [6, 6.07) is 0. The summed E-state index contributed by atoms with van der Waals surface area (Å²) in [6.07, 6.45) is 0.841. The first-order valence-electron chi connectivity index (χ1n) is 4.69. The summed E-state index contributed by atoms with van der Waals surface area (Å²) in [5.74, 6) is -0.246. The molecule has 0 unspecified atom stereocenters. The Bertz CT molecular complexity index is 166. The van der Waals surface area contributed by atoms with Crippen LogP contribution in [0.5, 0.6) is 0 Å². The fourth-order valence-corrected chi connectivity index (χ4v) is 0.968. The van der Waals surface area contributed by atoms with Gasteiger partial charge in [0.2, 0.25) is 0 Å². The maximum atomic E-state index is 11.2. The molecule has 0 aromatic heterocycles. The fraction of sp³-hybridized carbons (Fsp3) is 0.900. The summed E-state index contributed by atoms with van der Waals surface area (Å²) in [7, 11) is 3.04. The second-order valence-electron chi connectivity index (χ2n) is 3.77. The van der Waals surface area contributed by atoms with E-state index in [1.165, 1.54) is 7.11 Å². The number of carbonyl (C=O) groups excluding carboxylic acids is 1. The highest BCUT2D eigenvalue weighted by molar-refractivity contribution is 5.75. The minimum atomic E-state index is -0.568. The molecule has 14 heavy (non-hydrogen) atoms. The van der Waals surface area contributed by atoms with Crippen molar-refractivity contribution in [3.63, 3.8) is 0 Å². The van der Waals surface area contributed by atoms with E-state index in [4.69, 9.17) is 9.47 Å². The molecular weight excluding hydrogens is 184 g/mol. The van der Waals surface area contributed by atoms with Gasteiger partial charge < -0.3 is 14.2 Å². The molecule has 0 rings (SSSR count). The number of methoxy groups -OCH3 is 2. The Morgan fingerprint density at radius 1 is 1.21 bits per heavy atom. The number of hydrogen-bond donors (Lipinski definition) is 0. The van der Waals surface area contributed by atoms with E-state index in [2.05, 4.69) is 4.74 Å². The van der Waals surface area contributed by atoms with Gasteiger partial charge in [-0.05, 0) is 20.3 Å². The van der Waals surface area contributed by atoms with Gasteiger partial charge in [0.25, 0.3) is 0 Å². The molecule has 4 nitrogen and oxygen atoms in total.